The molecule has 0 bridgehead atoms. The van der Waals surface area contributed by atoms with E-state index in [1.807, 2.05) is 0 Å². The van der Waals surface area contributed by atoms with Crippen molar-refractivity contribution in [2.45, 2.75) is 13.0 Å². The highest BCUT2D eigenvalue weighted by molar-refractivity contribution is 5.97. The van der Waals surface area contributed by atoms with Crippen LogP contribution in [0.3, 0.4) is 0 Å². The Labute approximate surface area is 114 Å². The van der Waals surface area contributed by atoms with E-state index in [0.717, 1.165) is 6.08 Å². The topological polar surface area (TPSA) is 98.5 Å². The van der Waals surface area contributed by atoms with E-state index < -0.39 is 29.8 Å². The number of primary amides is 1. The minimum absolute atomic E-state index is 0.207. The van der Waals surface area contributed by atoms with Crippen LogP contribution in [0.5, 0.6) is 0 Å². The maximum absolute atomic E-state index is 13.3. The number of nitrogens with two attached hydrogens (primary N) is 1. The summed E-state index contributed by atoms with van der Waals surface area (Å²) in [7, 11) is 0. The monoisotopic (exact) mass is 280 g/mol. The van der Waals surface area contributed by atoms with Gasteiger partial charge in [-0.1, -0.05) is 18.2 Å². The summed E-state index contributed by atoms with van der Waals surface area (Å²) in [6, 6.07) is 4.80. The summed E-state index contributed by atoms with van der Waals surface area (Å²) in [5.41, 5.74) is 4.95. The van der Waals surface area contributed by atoms with Crippen LogP contribution >= 0.6 is 0 Å². The van der Waals surface area contributed by atoms with Crippen LogP contribution in [-0.2, 0) is 14.3 Å². The van der Waals surface area contributed by atoms with E-state index >= 15 is 0 Å². The van der Waals surface area contributed by atoms with Gasteiger partial charge in [-0.15, -0.1) is 0 Å². The van der Waals surface area contributed by atoms with Gasteiger partial charge in [0.1, 0.15) is 5.82 Å². The SMILES string of the molecule is C[C@H](OC(=O)/C=C/c1ccccc1F)C(=O)NC(N)=O. The molecule has 20 heavy (non-hydrogen) atoms. The molecule has 1 aromatic carbocycles. The summed E-state index contributed by atoms with van der Waals surface area (Å²) in [6.45, 7) is 1.27. The predicted octanol–water partition coefficient (Wildman–Crippen LogP) is 0.966. The van der Waals surface area contributed by atoms with E-state index in [1.165, 1.54) is 31.2 Å². The van der Waals surface area contributed by atoms with Crippen molar-refractivity contribution < 1.29 is 23.5 Å². The summed E-state index contributed by atoms with van der Waals surface area (Å²) in [6.07, 6.45) is 1.00. The number of imide groups is 1. The van der Waals surface area contributed by atoms with Gasteiger partial charge >= 0.3 is 12.0 Å². The number of amides is 3. The zero-order valence-corrected chi connectivity index (χ0v) is 10.6. The van der Waals surface area contributed by atoms with Gasteiger partial charge in [0.25, 0.3) is 5.91 Å². The van der Waals surface area contributed by atoms with Gasteiger partial charge in [0, 0.05) is 11.6 Å². The Morgan fingerprint density at radius 3 is 2.60 bits per heavy atom. The van der Waals surface area contributed by atoms with Gasteiger partial charge in [-0.3, -0.25) is 10.1 Å². The van der Waals surface area contributed by atoms with Gasteiger partial charge in [0.2, 0.25) is 0 Å². The first-order valence-corrected chi connectivity index (χ1v) is 5.63. The Kier molecular flexibility index (Phi) is 5.40. The molecule has 3 N–H and O–H groups in total. The van der Waals surface area contributed by atoms with Crippen LogP contribution in [0, 0.1) is 5.82 Å². The average Bonchev–Trinajstić information content (AvgIpc) is 2.37. The third kappa shape index (κ3) is 4.89. The van der Waals surface area contributed by atoms with E-state index in [9.17, 15) is 18.8 Å². The second-order valence-electron chi connectivity index (χ2n) is 3.79. The van der Waals surface area contributed by atoms with E-state index in [0.29, 0.717) is 0 Å². The summed E-state index contributed by atoms with van der Waals surface area (Å²) in [5.74, 6) is -2.18. The van der Waals surface area contributed by atoms with Crippen molar-refractivity contribution >= 4 is 24.0 Å². The Hall–Kier alpha value is -2.70. The number of hydrogen-bond donors (Lipinski definition) is 2. The highest BCUT2D eigenvalue weighted by atomic mass is 19.1. The Balaban J connectivity index is 2.58. The fourth-order valence-electron chi connectivity index (χ4n) is 1.26. The maximum atomic E-state index is 13.3. The zero-order valence-electron chi connectivity index (χ0n) is 10.6. The summed E-state index contributed by atoms with van der Waals surface area (Å²) >= 11 is 0. The molecule has 6 nitrogen and oxygen atoms in total. The molecule has 0 spiro atoms. The van der Waals surface area contributed by atoms with Gasteiger partial charge in [0.05, 0.1) is 0 Å². The first kappa shape index (κ1) is 15.4. The van der Waals surface area contributed by atoms with Gasteiger partial charge in [-0.2, -0.15) is 0 Å². The number of urea groups is 1. The van der Waals surface area contributed by atoms with Crippen molar-refractivity contribution in [3.05, 3.63) is 41.7 Å². The molecule has 0 fully saturated rings. The minimum atomic E-state index is -1.19. The molecule has 7 heteroatoms. The number of esters is 1. The molecule has 0 heterocycles. The zero-order chi connectivity index (χ0) is 15.1. The van der Waals surface area contributed by atoms with Crippen molar-refractivity contribution in [3.63, 3.8) is 0 Å². The lowest BCUT2D eigenvalue weighted by Gasteiger charge is -2.10. The highest BCUT2D eigenvalue weighted by Gasteiger charge is 2.17. The Morgan fingerprint density at radius 1 is 1.35 bits per heavy atom. The number of halogens is 1. The van der Waals surface area contributed by atoms with Crippen LogP contribution in [0.1, 0.15) is 12.5 Å². The molecule has 0 aliphatic carbocycles. The first-order chi connectivity index (χ1) is 9.40. The average molecular weight is 280 g/mol. The number of benzene rings is 1. The standard InChI is InChI=1S/C13H13FN2O4/c1-8(12(18)16-13(15)19)20-11(17)7-6-9-4-2-3-5-10(9)14/h2-8H,1H3,(H3,15,16,18,19)/b7-6+/t8-/m0/s1. The lowest BCUT2D eigenvalue weighted by Crippen LogP contribution is -2.42. The van der Waals surface area contributed by atoms with E-state index in [1.54, 1.807) is 11.4 Å². The van der Waals surface area contributed by atoms with Crippen molar-refractivity contribution in [2.24, 2.45) is 5.73 Å². The molecule has 1 atom stereocenters. The second-order valence-corrected chi connectivity index (χ2v) is 3.79. The molecule has 0 saturated heterocycles. The fraction of sp³-hybridized carbons (Fsp3) is 0.154. The molecular weight excluding hydrogens is 267 g/mol. The molecule has 0 radical (unpaired) electrons. The molecule has 0 aromatic heterocycles. The number of carbonyl (C=O) groups is 3. The van der Waals surface area contributed by atoms with Gasteiger partial charge in [0.15, 0.2) is 6.10 Å². The molecule has 1 rings (SSSR count). The smallest absolute Gasteiger partial charge is 0.331 e. The number of hydrogen-bond acceptors (Lipinski definition) is 4. The van der Waals surface area contributed by atoms with Crippen molar-refractivity contribution in [1.29, 1.82) is 0 Å². The number of carbonyl (C=O) groups excluding carboxylic acids is 3. The summed E-state index contributed by atoms with van der Waals surface area (Å²) < 4.78 is 18.0. The van der Waals surface area contributed by atoms with Crippen molar-refractivity contribution in [2.75, 3.05) is 0 Å². The molecule has 0 unspecified atom stereocenters. The third-order valence-electron chi connectivity index (χ3n) is 2.21. The molecule has 0 saturated carbocycles. The van der Waals surface area contributed by atoms with Crippen LogP contribution in [-0.4, -0.2) is 24.0 Å². The van der Waals surface area contributed by atoms with Crippen LogP contribution in [0.2, 0.25) is 0 Å². The predicted molar refractivity (Wildman–Crippen MR) is 68.7 cm³/mol. The highest BCUT2D eigenvalue weighted by Crippen LogP contribution is 2.08. The number of rotatable bonds is 4. The first-order valence-electron chi connectivity index (χ1n) is 5.63. The molecule has 106 valence electrons. The number of nitrogens with one attached hydrogen (secondary N) is 1. The normalized spacial score (nSPS) is 11.9. The molecule has 0 aliphatic heterocycles. The van der Waals surface area contributed by atoms with E-state index in [4.69, 9.17) is 10.5 Å². The van der Waals surface area contributed by atoms with E-state index in [-0.39, 0.29) is 5.56 Å². The van der Waals surface area contributed by atoms with Gasteiger partial charge in [-0.25, -0.2) is 14.0 Å². The Morgan fingerprint density at radius 2 is 2.00 bits per heavy atom. The Bertz CT molecular complexity index is 557. The summed E-state index contributed by atoms with van der Waals surface area (Å²) in [4.78, 5) is 33.1. The van der Waals surface area contributed by atoms with Crippen LogP contribution < -0.4 is 11.1 Å². The van der Waals surface area contributed by atoms with Crippen molar-refractivity contribution in [3.8, 4) is 0 Å². The number of ether oxygens (including phenoxy) is 1. The minimum Gasteiger partial charge on any atom is -0.449 e. The molecule has 0 aliphatic rings. The van der Waals surface area contributed by atoms with Gasteiger partial charge < -0.3 is 10.5 Å². The van der Waals surface area contributed by atoms with E-state index in [2.05, 4.69) is 0 Å². The second kappa shape index (κ2) is 7.03. The molecular formula is C13H13FN2O4. The molecule has 1 aromatic rings. The van der Waals surface area contributed by atoms with Crippen LogP contribution in [0.15, 0.2) is 30.3 Å². The largest absolute Gasteiger partial charge is 0.449 e. The summed E-state index contributed by atoms with van der Waals surface area (Å²) in [5, 5.41) is 1.77. The van der Waals surface area contributed by atoms with Crippen molar-refractivity contribution in [1.82, 2.24) is 5.32 Å². The quantitative estimate of drug-likeness (QED) is 0.634. The van der Waals surface area contributed by atoms with Crippen LogP contribution in [0.25, 0.3) is 6.08 Å². The third-order valence-corrected chi connectivity index (χ3v) is 2.21. The lowest BCUT2D eigenvalue weighted by atomic mass is 10.2. The molecule has 3 amide bonds. The van der Waals surface area contributed by atoms with Gasteiger partial charge in [-0.05, 0) is 19.1 Å². The fourth-order valence-corrected chi connectivity index (χ4v) is 1.26. The van der Waals surface area contributed by atoms with Crippen LogP contribution in [0.4, 0.5) is 9.18 Å². The lowest BCUT2D eigenvalue weighted by molar-refractivity contribution is -0.149. The maximum Gasteiger partial charge on any atom is 0.331 e.